The molecule has 1 unspecified atom stereocenters. The largest absolute Gasteiger partial charge is 0.296 e. The summed E-state index contributed by atoms with van der Waals surface area (Å²) >= 11 is 6.77. The summed E-state index contributed by atoms with van der Waals surface area (Å²) in [6.07, 6.45) is 13.4. The van der Waals surface area contributed by atoms with Crippen molar-refractivity contribution >= 4 is 35.3 Å². The Hall–Kier alpha value is -3.23. The lowest BCUT2D eigenvalue weighted by Crippen LogP contribution is -2.15. The highest BCUT2D eigenvalue weighted by atomic mass is 35.5. The summed E-state index contributed by atoms with van der Waals surface area (Å²) in [4.78, 5) is 8.86. The molecule has 0 saturated carbocycles. The van der Waals surface area contributed by atoms with E-state index in [-0.39, 0.29) is 5.41 Å². The molecule has 0 N–H and O–H groups in total. The van der Waals surface area contributed by atoms with Crippen molar-refractivity contribution in [2.75, 3.05) is 7.05 Å². The molecule has 0 bridgehead atoms. The molecule has 0 aliphatic heterocycles. The van der Waals surface area contributed by atoms with Crippen molar-refractivity contribution in [2.24, 2.45) is 15.4 Å². The van der Waals surface area contributed by atoms with Crippen LogP contribution in [0.5, 0.6) is 0 Å². The molecule has 2 nitrogen and oxygen atoms in total. The number of allylic oxidation sites excluding steroid dienone is 4. The quantitative estimate of drug-likeness (QED) is 0.269. The first-order chi connectivity index (χ1) is 17.9. The van der Waals surface area contributed by atoms with Crippen LogP contribution in [0.2, 0.25) is 5.02 Å². The number of rotatable bonds is 8. The Labute approximate surface area is 228 Å². The highest BCUT2D eigenvalue weighted by molar-refractivity contribution is 6.33. The zero-order chi connectivity index (χ0) is 26.8. The van der Waals surface area contributed by atoms with Gasteiger partial charge in [-0.05, 0) is 77.8 Å². The number of benzene rings is 3. The van der Waals surface area contributed by atoms with Crippen LogP contribution in [0.3, 0.4) is 0 Å². The molecule has 0 aromatic heterocycles. The molecule has 0 spiro atoms. The fraction of sp³-hybridized carbons (Fsp3) is 0.294. The lowest BCUT2D eigenvalue weighted by Gasteiger charge is -2.27. The van der Waals surface area contributed by atoms with Gasteiger partial charge in [0.05, 0.1) is 10.7 Å². The molecule has 37 heavy (non-hydrogen) atoms. The maximum absolute atomic E-state index is 6.77. The van der Waals surface area contributed by atoms with Crippen molar-refractivity contribution in [3.8, 4) is 0 Å². The van der Waals surface area contributed by atoms with E-state index in [2.05, 4.69) is 105 Å². The molecule has 0 radical (unpaired) electrons. The first-order valence-corrected chi connectivity index (χ1v) is 13.6. The Balaban J connectivity index is 0.00000186. The number of hydrogen-bond acceptors (Lipinski definition) is 2. The Morgan fingerprint density at radius 1 is 0.919 bits per heavy atom. The third-order valence-electron chi connectivity index (χ3n) is 6.83. The molecule has 1 aliphatic carbocycles. The van der Waals surface area contributed by atoms with Gasteiger partial charge in [-0.1, -0.05) is 99.1 Å². The summed E-state index contributed by atoms with van der Waals surface area (Å²) in [6.45, 7) is 10.5. The number of aliphatic imine (C=N–C) groups is 2. The normalized spacial score (nSPS) is 16.8. The smallest absolute Gasteiger partial charge is 0.0841 e. The Morgan fingerprint density at radius 3 is 2.35 bits per heavy atom. The highest BCUT2D eigenvalue weighted by Gasteiger charge is 2.30. The van der Waals surface area contributed by atoms with Crippen molar-refractivity contribution in [2.45, 2.75) is 53.9 Å². The molecule has 0 fully saturated rings. The lowest BCUT2D eigenvalue weighted by atomic mass is 9.76. The predicted octanol–water partition coefficient (Wildman–Crippen LogP) is 9.57. The second kappa shape index (κ2) is 13.4. The van der Waals surface area contributed by atoms with Gasteiger partial charge in [0.1, 0.15) is 0 Å². The second-order valence-electron chi connectivity index (χ2n) is 9.56. The van der Waals surface area contributed by atoms with Crippen molar-refractivity contribution in [3.63, 3.8) is 0 Å². The first-order valence-electron chi connectivity index (χ1n) is 13.2. The van der Waals surface area contributed by atoms with Crippen molar-refractivity contribution in [3.05, 3.63) is 117 Å². The van der Waals surface area contributed by atoms with Crippen LogP contribution in [0.1, 0.15) is 60.6 Å². The summed E-state index contributed by atoms with van der Waals surface area (Å²) < 4.78 is 0. The third-order valence-corrected chi connectivity index (χ3v) is 7.12. The monoisotopic (exact) mass is 510 g/mol. The molecule has 3 aromatic carbocycles. The van der Waals surface area contributed by atoms with Crippen LogP contribution in [0.4, 0.5) is 5.69 Å². The Bertz CT molecular complexity index is 1290. The van der Waals surface area contributed by atoms with E-state index in [1.54, 1.807) is 7.05 Å². The van der Waals surface area contributed by atoms with E-state index >= 15 is 0 Å². The minimum atomic E-state index is -0.0110. The Morgan fingerprint density at radius 2 is 1.68 bits per heavy atom. The molecular weight excluding hydrogens is 472 g/mol. The standard InChI is InChI=1S/C32H33ClN2.C2H6/c1-23-19-26(12-13-27(23)22-34-4)15-18-35-31-24(2)20-28(21-30(31)33)29-11-8-16-32(29,3)17-14-25-9-6-5-7-10-25;1-2/h5-13,16,18-22H,14-15,17H2,1-4H3;1-2H3. The van der Waals surface area contributed by atoms with Crippen LogP contribution in [0.25, 0.3) is 5.57 Å². The van der Waals surface area contributed by atoms with Crippen LogP contribution >= 0.6 is 11.6 Å². The summed E-state index contributed by atoms with van der Waals surface area (Å²) in [5.41, 5.74) is 9.38. The third kappa shape index (κ3) is 7.17. The minimum Gasteiger partial charge on any atom is -0.296 e. The summed E-state index contributed by atoms with van der Waals surface area (Å²) in [7, 11) is 1.79. The highest BCUT2D eigenvalue weighted by Crippen LogP contribution is 2.45. The molecule has 0 heterocycles. The van der Waals surface area contributed by atoms with Gasteiger partial charge in [0.2, 0.25) is 0 Å². The van der Waals surface area contributed by atoms with Gasteiger partial charge >= 0.3 is 0 Å². The van der Waals surface area contributed by atoms with Gasteiger partial charge in [-0.3, -0.25) is 9.98 Å². The number of hydrogen-bond donors (Lipinski definition) is 0. The molecule has 192 valence electrons. The average molecular weight is 511 g/mol. The van der Waals surface area contributed by atoms with Crippen LogP contribution in [-0.2, 0) is 12.8 Å². The van der Waals surface area contributed by atoms with Crippen LogP contribution < -0.4 is 0 Å². The zero-order valence-corrected chi connectivity index (χ0v) is 23.8. The molecule has 3 aromatic rings. The van der Waals surface area contributed by atoms with Gasteiger partial charge in [0, 0.05) is 31.3 Å². The topological polar surface area (TPSA) is 24.7 Å². The maximum Gasteiger partial charge on any atom is 0.0841 e. The van der Waals surface area contributed by atoms with Gasteiger partial charge in [0.15, 0.2) is 0 Å². The minimum absolute atomic E-state index is 0.0110. The molecule has 3 heteroatoms. The van der Waals surface area contributed by atoms with E-state index in [0.29, 0.717) is 5.02 Å². The molecule has 4 rings (SSSR count). The van der Waals surface area contributed by atoms with E-state index in [4.69, 9.17) is 16.6 Å². The maximum atomic E-state index is 6.77. The van der Waals surface area contributed by atoms with E-state index in [1.165, 1.54) is 27.8 Å². The second-order valence-corrected chi connectivity index (χ2v) is 9.97. The van der Waals surface area contributed by atoms with Gasteiger partial charge in [-0.25, -0.2) is 0 Å². The molecular formula is C34H39ClN2. The Kier molecular flexibility index (Phi) is 10.2. The van der Waals surface area contributed by atoms with Crippen molar-refractivity contribution in [1.82, 2.24) is 0 Å². The van der Waals surface area contributed by atoms with Crippen molar-refractivity contribution in [1.29, 1.82) is 0 Å². The summed E-state index contributed by atoms with van der Waals surface area (Å²) in [5.74, 6) is 0. The number of aryl methyl sites for hydroxylation is 3. The van der Waals surface area contributed by atoms with Gasteiger partial charge in [0.25, 0.3) is 0 Å². The predicted molar refractivity (Wildman–Crippen MR) is 164 cm³/mol. The van der Waals surface area contributed by atoms with E-state index in [0.717, 1.165) is 36.1 Å². The van der Waals surface area contributed by atoms with Gasteiger partial charge < -0.3 is 0 Å². The SMILES string of the molecule is CC.CN=Cc1ccc(CC=Nc2c(C)cc(C3=CC=CC3(C)CCc3ccccc3)cc2Cl)cc1C. The summed E-state index contributed by atoms with van der Waals surface area (Å²) in [5, 5.41) is 0.695. The fourth-order valence-electron chi connectivity index (χ4n) is 4.78. The van der Waals surface area contributed by atoms with E-state index in [9.17, 15) is 0 Å². The van der Waals surface area contributed by atoms with E-state index in [1.807, 2.05) is 26.3 Å². The van der Waals surface area contributed by atoms with Crippen molar-refractivity contribution < 1.29 is 0 Å². The fourth-order valence-corrected chi connectivity index (χ4v) is 5.09. The molecule has 0 amide bonds. The van der Waals surface area contributed by atoms with Crippen LogP contribution in [0, 0.1) is 19.3 Å². The molecule has 1 aliphatic rings. The molecule has 1 atom stereocenters. The number of halogens is 1. The molecule has 0 saturated heterocycles. The van der Waals surface area contributed by atoms with E-state index < -0.39 is 0 Å². The van der Waals surface area contributed by atoms with Crippen LogP contribution in [-0.4, -0.2) is 19.5 Å². The van der Waals surface area contributed by atoms with Crippen LogP contribution in [0.15, 0.2) is 88.9 Å². The van der Waals surface area contributed by atoms with Gasteiger partial charge in [-0.15, -0.1) is 0 Å². The zero-order valence-electron chi connectivity index (χ0n) is 23.1. The lowest BCUT2D eigenvalue weighted by molar-refractivity contribution is 0.525. The number of nitrogens with zero attached hydrogens (tertiary/aromatic N) is 2. The first kappa shape index (κ1) is 28.3. The average Bonchev–Trinajstić information content (AvgIpc) is 3.29. The van der Waals surface area contributed by atoms with Gasteiger partial charge in [-0.2, -0.15) is 0 Å². The summed E-state index contributed by atoms with van der Waals surface area (Å²) in [6, 6.07) is 21.4.